The molecule has 1 aromatic heterocycles. The molecule has 3 nitrogen and oxygen atoms in total. The minimum atomic E-state index is 0.124. The van der Waals surface area contributed by atoms with Crippen LogP contribution in [-0.4, -0.2) is 16.7 Å². The number of benzene rings is 1. The molecule has 0 amide bonds. The lowest BCUT2D eigenvalue weighted by Crippen LogP contribution is -2.00. The third-order valence-corrected chi connectivity index (χ3v) is 2.94. The predicted molar refractivity (Wildman–Crippen MR) is 73.5 cm³/mol. The Hall–Kier alpha value is -1.39. The highest BCUT2D eigenvalue weighted by atomic mass is 79.9. The molecule has 0 aliphatic carbocycles. The molecule has 4 heteroatoms. The summed E-state index contributed by atoms with van der Waals surface area (Å²) >= 11 is 3.38. The van der Waals surface area contributed by atoms with Crippen LogP contribution in [-0.2, 0) is 13.0 Å². The third kappa shape index (κ3) is 3.55. The van der Waals surface area contributed by atoms with Crippen molar-refractivity contribution in [3.63, 3.8) is 0 Å². The maximum Gasteiger partial charge on any atom is 0.123 e. The fourth-order valence-corrected chi connectivity index (χ4v) is 2.08. The molecule has 2 aromatic rings. The maximum absolute atomic E-state index is 8.99. The summed E-state index contributed by atoms with van der Waals surface area (Å²) in [5.41, 5.74) is 2.02. The lowest BCUT2D eigenvalue weighted by molar-refractivity contribution is 0.283. The van der Waals surface area contributed by atoms with Crippen molar-refractivity contribution >= 4 is 15.9 Å². The summed E-state index contributed by atoms with van der Waals surface area (Å²) < 4.78 is 6.70. The van der Waals surface area contributed by atoms with Crippen molar-refractivity contribution in [3.8, 4) is 5.75 Å². The van der Waals surface area contributed by atoms with Gasteiger partial charge in [-0.2, -0.15) is 0 Å². The number of nitrogens with zero attached hydrogens (tertiary/aromatic N) is 1. The Balaban J connectivity index is 2.06. The van der Waals surface area contributed by atoms with Gasteiger partial charge in [-0.15, -0.1) is 0 Å². The highest BCUT2D eigenvalue weighted by Crippen LogP contribution is 2.20. The normalized spacial score (nSPS) is 10.3. The lowest BCUT2D eigenvalue weighted by atomic mass is 10.1. The van der Waals surface area contributed by atoms with Crippen LogP contribution < -0.4 is 4.74 Å². The first kappa shape index (κ1) is 13.1. The van der Waals surface area contributed by atoms with Crippen molar-refractivity contribution in [1.29, 1.82) is 0 Å². The molecule has 0 radical (unpaired) electrons. The summed E-state index contributed by atoms with van der Waals surface area (Å²) in [7, 11) is 0. The molecule has 0 saturated carbocycles. The van der Waals surface area contributed by atoms with Gasteiger partial charge in [0.2, 0.25) is 0 Å². The zero-order valence-corrected chi connectivity index (χ0v) is 11.4. The minimum absolute atomic E-state index is 0.124. The summed E-state index contributed by atoms with van der Waals surface area (Å²) in [4.78, 5) is 4.09. The quantitative estimate of drug-likeness (QED) is 0.923. The van der Waals surface area contributed by atoms with Crippen molar-refractivity contribution in [2.24, 2.45) is 0 Å². The Bertz CT molecular complexity index is 517. The molecule has 0 unspecified atom stereocenters. The molecule has 1 N–H and O–H groups in total. The number of hydrogen-bond donors (Lipinski definition) is 1. The Labute approximate surface area is 115 Å². The molecule has 94 valence electrons. The first-order valence-corrected chi connectivity index (χ1v) is 6.50. The number of aliphatic hydroxyl groups excluding tert-OH is 1. The number of rotatable bonds is 5. The van der Waals surface area contributed by atoms with Gasteiger partial charge < -0.3 is 9.84 Å². The van der Waals surface area contributed by atoms with E-state index in [1.165, 1.54) is 0 Å². The highest BCUT2D eigenvalue weighted by molar-refractivity contribution is 9.10. The van der Waals surface area contributed by atoms with Crippen LogP contribution in [0.3, 0.4) is 0 Å². The molecule has 0 aliphatic heterocycles. The standard InChI is InChI=1S/C14H14BrNO2/c15-13-7-11(8-16-9-13)10-18-14-4-2-1-3-12(14)5-6-17/h1-4,7-9,17H,5-6,10H2. The summed E-state index contributed by atoms with van der Waals surface area (Å²) in [6, 6.07) is 9.72. The molecule has 1 heterocycles. The van der Waals surface area contributed by atoms with Crippen LogP contribution in [0.25, 0.3) is 0 Å². The lowest BCUT2D eigenvalue weighted by Gasteiger charge is -2.10. The van der Waals surface area contributed by atoms with Crippen molar-refractivity contribution < 1.29 is 9.84 Å². The molecule has 0 bridgehead atoms. The summed E-state index contributed by atoms with van der Waals surface area (Å²) in [6.45, 7) is 0.591. The monoisotopic (exact) mass is 307 g/mol. The number of halogens is 1. The number of hydrogen-bond acceptors (Lipinski definition) is 3. The van der Waals surface area contributed by atoms with Gasteiger partial charge in [0.25, 0.3) is 0 Å². The van der Waals surface area contributed by atoms with Crippen molar-refractivity contribution in [1.82, 2.24) is 4.98 Å². The smallest absolute Gasteiger partial charge is 0.123 e. The van der Waals surface area contributed by atoms with Gasteiger partial charge in [-0.3, -0.25) is 4.98 Å². The summed E-state index contributed by atoms with van der Waals surface area (Å²) in [6.07, 6.45) is 4.12. The second-order valence-corrected chi connectivity index (χ2v) is 4.80. The van der Waals surface area contributed by atoms with Crippen LogP contribution in [0, 0.1) is 0 Å². The van der Waals surface area contributed by atoms with Gasteiger partial charge in [-0.05, 0) is 40.0 Å². The Kier molecular flexibility index (Phi) is 4.73. The molecule has 0 atom stereocenters. The second-order valence-electron chi connectivity index (χ2n) is 3.88. The van der Waals surface area contributed by atoms with Crippen LogP contribution in [0.5, 0.6) is 5.75 Å². The van der Waals surface area contributed by atoms with Gasteiger partial charge in [0.15, 0.2) is 0 Å². The molecule has 2 rings (SSSR count). The number of aliphatic hydroxyl groups is 1. The van der Waals surface area contributed by atoms with Crippen LogP contribution in [0.15, 0.2) is 47.2 Å². The zero-order chi connectivity index (χ0) is 12.8. The van der Waals surface area contributed by atoms with E-state index in [0.29, 0.717) is 13.0 Å². The SMILES string of the molecule is OCCc1ccccc1OCc1cncc(Br)c1. The molecule has 1 aromatic carbocycles. The van der Waals surface area contributed by atoms with Crippen molar-refractivity contribution in [2.75, 3.05) is 6.61 Å². The molecule has 0 spiro atoms. The third-order valence-electron chi connectivity index (χ3n) is 2.51. The van der Waals surface area contributed by atoms with E-state index in [-0.39, 0.29) is 6.61 Å². The van der Waals surface area contributed by atoms with Gasteiger partial charge >= 0.3 is 0 Å². The molecule has 0 saturated heterocycles. The van der Waals surface area contributed by atoms with Crippen LogP contribution in [0.2, 0.25) is 0 Å². The fourth-order valence-electron chi connectivity index (χ4n) is 1.67. The van der Waals surface area contributed by atoms with E-state index < -0.39 is 0 Å². The highest BCUT2D eigenvalue weighted by Gasteiger charge is 2.03. The fraction of sp³-hybridized carbons (Fsp3) is 0.214. The van der Waals surface area contributed by atoms with E-state index in [1.807, 2.05) is 30.3 Å². The van der Waals surface area contributed by atoms with E-state index in [9.17, 15) is 0 Å². The number of pyridine rings is 1. The number of para-hydroxylation sites is 1. The van der Waals surface area contributed by atoms with Gasteiger partial charge in [-0.1, -0.05) is 18.2 Å². The van der Waals surface area contributed by atoms with Crippen LogP contribution in [0.1, 0.15) is 11.1 Å². The first-order valence-electron chi connectivity index (χ1n) is 5.70. The Morgan fingerprint density at radius 2 is 2.06 bits per heavy atom. The van der Waals surface area contributed by atoms with E-state index in [1.54, 1.807) is 12.4 Å². The largest absolute Gasteiger partial charge is 0.489 e. The maximum atomic E-state index is 8.99. The Morgan fingerprint density at radius 1 is 1.22 bits per heavy atom. The van der Waals surface area contributed by atoms with E-state index in [2.05, 4.69) is 20.9 Å². The second kappa shape index (κ2) is 6.52. The average molecular weight is 308 g/mol. The number of aromatic nitrogens is 1. The molecular formula is C14H14BrNO2. The van der Waals surface area contributed by atoms with E-state index in [0.717, 1.165) is 21.3 Å². The topological polar surface area (TPSA) is 42.4 Å². The van der Waals surface area contributed by atoms with E-state index in [4.69, 9.17) is 9.84 Å². The predicted octanol–water partition coefficient (Wildman–Crippen LogP) is 2.96. The van der Waals surface area contributed by atoms with Gasteiger partial charge in [0.05, 0.1) is 0 Å². The Morgan fingerprint density at radius 3 is 2.83 bits per heavy atom. The summed E-state index contributed by atoms with van der Waals surface area (Å²) in [5.74, 6) is 0.812. The molecule has 18 heavy (non-hydrogen) atoms. The van der Waals surface area contributed by atoms with E-state index >= 15 is 0 Å². The summed E-state index contributed by atoms with van der Waals surface area (Å²) in [5, 5.41) is 8.99. The van der Waals surface area contributed by atoms with Crippen molar-refractivity contribution in [3.05, 3.63) is 58.3 Å². The van der Waals surface area contributed by atoms with Gasteiger partial charge in [0.1, 0.15) is 12.4 Å². The molecule has 0 fully saturated rings. The van der Waals surface area contributed by atoms with Crippen LogP contribution in [0.4, 0.5) is 0 Å². The van der Waals surface area contributed by atoms with Gasteiger partial charge in [-0.25, -0.2) is 0 Å². The molecule has 0 aliphatic rings. The van der Waals surface area contributed by atoms with Crippen molar-refractivity contribution in [2.45, 2.75) is 13.0 Å². The number of ether oxygens (including phenoxy) is 1. The first-order chi connectivity index (χ1) is 8.79. The zero-order valence-electron chi connectivity index (χ0n) is 9.84. The van der Waals surface area contributed by atoms with Gasteiger partial charge in [0, 0.05) is 29.0 Å². The minimum Gasteiger partial charge on any atom is -0.489 e. The van der Waals surface area contributed by atoms with Crippen LogP contribution >= 0.6 is 15.9 Å². The average Bonchev–Trinajstić information content (AvgIpc) is 2.38. The molecular weight excluding hydrogens is 294 g/mol.